The lowest BCUT2D eigenvalue weighted by atomic mass is 9.90. The number of piperazine rings is 1. The molecule has 0 atom stereocenters. The number of piperidine rings is 1. The summed E-state index contributed by atoms with van der Waals surface area (Å²) in [4.78, 5) is 63.4. The highest BCUT2D eigenvalue weighted by Crippen LogP contribution is 2.37. The predicted octanol–water partition coefficient (Wildman–Crippen LogP) is 2.08. The second-order valence-electron chi connectivity index (χ2n) is 15.0. The summed E-state index contributed by atoms with van der Waals surface area (Å²) in [5.74, 6) is -1.83. The number of nitrogens with zero attached hydrogens (tertiary/aromatic N) is 8. The maximum absolute atomic E-state index is 14.1. The van der Waals surface area contributed by atoms with E-state index in [4.69, 9.17) is 16.3 Å². The first-order chi connectivity index (χ1) is 27.6. The molecule has 16 nitrogen and oxygen atoms in total. The van der Waals surface area contributed by atoms with Crippen molar-refractivity contribution in [3.63, 3.8) is 0 Å². The summed E-state index contributed by atoms with van der Waals surface area (Å²) in [5.41, 5.74) is -0.840. The van der Waals surface area contributed by atoms with Crippen LogP contribution in [-0.2, 0) is 22.8 Å². The second kappa shape index (κ2) is 16.4. The monoisotopic (exact) mass is 826 g/mol. The quantitative estimate of drug-likeness (QED) is 0.213. The van der Waals surface area contributed by atoms with E-state index in [-0.39, 0.29) is 69.2 Å². The first-order valence-electron chi connectivity index (χ1n) is 18.8. The Morgan fingerprint density at radius 1 is 1.02 bits per heavy atom. The number of pyridine rings is 1. The molecule has 3 aliphatic rings. The zero-order chi connectivity index (χ0) is 41.4. The van der Waals surface area contributed by atoms with Gasteiger partial charge in [0.15, 0.2) is 11.5 Å². The van der Waals surface area contributed by atoms with Crippen LogP contribution in [0.2, 0.25) is 5.02 Å². The molecule has 1 aromatic carbocycles. The molecule has 3 saturated heterocycles. The molecule has 3 amide bonds. The molecule has 0 spiro atoms. The van der Waals surface area contributed by atoms with E-state index in [9.17, 15) is 37.5 Å². The van der Waals surface area contributed by atoms with Crippen LogP contribution in [0.1, 0.15) is 39.5 Å². The van der Waals surface area contributed by atoms with Gasteiger partial charge < -0.3 is 44.1 Å². The van der Waals surface area contributed by atoms with Crippen LogP contribution < -0.4 is 20.5 Å². The minimum atomic E-state index is -4.83. The van der Waals surface area contributed by atoms with Gasteiger partial charge in [0.2, 0.25) is 11.8 Å². The number of benzene rings is 1. The summed E-state index contributed by atoms with van der Waals surface area (Å²) in [6.45, 7) is 4.94. The van der Waals surface area contributed by atoms with Gasteiger partial charge in [0.1, 0.15) is 6.54 Å². The smallest absolute Gasteiger partial charge is 0.435 e. The number of carboxylic acid groups (broad SMARTS) is 1. The fourth-order valence-electron chi connectivity index (χ4n) is 7.98. The summed E-state index contributed by atoms with van der Waals surface area (Å²) >= 11 is 6.54. The summed E-state index contributed by atoms with van der Waals surface area (Å²) in [6, 6.07) is 7.34. The molecule has 3 aromatic heterocycles. The molecule has 4 aromatic rings. The molecule has 7 rings (SSSR count). The maximum atomic E-state index is 14.1. The van der Waals surface area contributed by atoms with E-state index in [0.29, 0.717) is 62.5 Å². The number of quaternary nitrogens is 1. The van der Waals surface area contributed by atoms with Crippen molar-refractivity contribution in [3.8, 4) is 22.8 Å². The Bertz CT molecular complexity index is 2190. The number of carbonyl (C=O) groups excluding carboxylic acids is 4. The van der Waals surface area contributed by atoms with Crippen molar-refractivity contribution in [3.05, 3.63) is 71.0 Å². The summed E-state index contributed by atoms with van der Waals surface area (Å²) in [5, 5.41) is 21.3. The number of carbonyl (C=O) groups is 4. The van der Waals surface area contributed by atoms with Gasteiger partial charge in [0, 0.05) is 88.9 Å². The highest BCUT2D eigenvalue weighted by Gasteiger charge is 2.42. The highest BCUT2D eigenvalue weighted by atomic mass is 35.5. The van der Waals surface area contributed by atoms with Crippen molar-refractivity contribution in [1.29, 1.82) is 0 Å². The topological polar surface area (TPSA) is 180 Å². The number of rotatable bonds is 11. The first-order valence-corrected chi connectivity index (χ1v) is 19.2. The first kappa shape index (κ1) is 40.7. The van der Waals surface area contributed by atoms with Gasteiger partial charge in [-0.3, -0.25) is 14.4 Å². The number of methoxy groups -OCH3 is 1. The Balaban J connectivity index is 0.956. The summed E-state index contributed by atoms with van der Waals surface area (Å²) in [7, 11) is 2.82. The van der Waals surface area contributed by atoms with Gasteiger partial charge in [-0.1, -0.05) is 11.6 Å². The fourth-order valence-corrected chi connectivity index (χ4v) is 8.24. The largest absolute Gasteiger partial charge is 0.544 e. The number of imidazole rings is 1. The summed E-state index contributed by atoms with van der Waals surface area (Å²) < 4.78 is 50.1. The Hall–Kier alpha value is -5.53. The van der Waals surface area contributed by atoms with Crippen LogP contribution in [0.4, 0.5) is 18.9 Å². The van der Waals surface area contributed by atoms with Gasteiger partial charge in [-0.25, -0.2) is 14.6 Å². The molecule has 0 bridgehead atoms. The fraction of sp³-hybridized carbons (Fsp3) is 0.447. The number of aromatic nitrogens is 5. The van der Waals surface area contributed by atoms with Crippen LogP contribution in [0, 0.1) is 11.8 Å². The number of hydrogen-bond acceptors (Lipinski definition) is 10. The van der Waals surface area contributed by atoms with Gasteiger partial charge in [-0.15, -0.1) is 0 Å². The highest BCUT2D eigenvalue weighted by molar-refractivity contribution is 6.34. The molecular formula is C38H42ClF3N10O6. The molecule has 0 radical (unpaired) electrons. The lowest BCUT2D eigenvalue weighted by Crippen LogP contribution is -2.63. The standard InChI is InChI=1S/C38H42ClF3N10O6/c1-48-30(28-20-51(47-33(28)38(40,41)42)26-4-6-31(58-2)44-18-26)19-45-34(48)35(55)46-25-3-5-27(29(39)15-25)37(57)50-11-9-49(10-12-50)36(56)24-7-13-52(14-8-24,22-32(53)54)21-23-16-43-17-23/h3-6,15,18-20,23-24,43H,7-14,16-17,21-22H2,1-2H3,(H-,46,53,54,55,57). The third-order valence-electron chi connectivity index (χ3n) is 11.2. The lowest BCUT2D eigenvalue weighted by molar-refractivity contribution is -0.931. The van der Waals surface area contributed by atoms with Crippen LogP contribution in [0.3, 0.4) is 0 Å². The number of halogens is 4. The average molecular weight is 827 g/mol. The molecule has 3 aliphatic heterocycles. The molecule has 20 heteroatoms. The molecule has 3 fully saturated rings. The number of hydrogen-bond donors (Lipinski definition) is 2. The van der Waals surface area contributed by atoms with Crippen molar-refractivity contribution in [2.45, 2.75) is 19.0 Å². The zero-order valence-corrected chi connectivity index (χ0v) is 32.6. The maximum Gasteiger partial charge on any atom is 0.435 e. The molecular weight excluding hydrogens is 785 g/mol. The van der Waals surface area contributed by atoms with Gasteiger partial charge in [-0.2, -0.15) is 18.3 Å². The molecule has 0 saturated carbocycles. The molecule has 0 unspecified atom stereocenters. The van der Waals surface area contributed by atoms with Gasteiger partial charge in [-0.05, 0) is 24.3 Å². The Kier molecular flexibility index (Phi) is 11.5. The average Bonchev–Trinajstić information content (AvgIpc) is 3.80. The Morgan fingerprint density at radius 2 is 1.72 bits per heavy atom. The number of likely N-dealkylation sites (tertiary alicyclic amines) is 1. The number of aliphatic carboxylic acids is 1. The van der Waals surface area contributed by atoms with E-state index >= 15 is 0 Å². The van der Waals surface area contributed by atoms with Gasteiger partial charge in [0.25, 0.3) is 11.8 Å². The van der Waals surface area contributed by atoms with Crippen LogP contribution in [0.15, 0.2) is 48.9 Å². The normalized spacial score (nSPS) is 20.1. The van der Waals surface area contributed by atoms with E-state index in [1.165, 1.54) is 61.5 Å². The van der Waals surface area contributed by atoms with Crippen molar-refractivity contribution in [2.24, 2.45) is 18.9 Å². The van der Waals surface area contributed by atoms with Crippen LogP contribution in [0.25, 0.3) is 16.9 Å². The van der Waals surface area contributed by atoms with Crippen molar-refractivity contribution in [2.75, 3.05) is 77.9 Å². The molecule has 308 valence electrons. The molecule has 6 heterocycles. The SMILES string of the molecule is COc1ccc(-n2cc(-c3cnc(C(=O)Nc4ccc(C(=O)N5CCN(C(=O)C6CC[N+](CC(=O)[O-])(CC7CNC7)CC6)CC5)c(Cl)c4)n3C)c(C(F)(F)F)n2)cn1. The minimum Gasteiger partial charge on any atom is -0.544 e. The zero-order valence-electron chi connectivity index (χ0n) is 31.8. The molecule has 0 aliphatic carbocycles. The van der Waals surface area contributed by atoms with Crippen molar-refractivity contribution in [1.82, 2.24) is 39.4 Å². The Morgan fingerprint density at radius 3 is 2.31 bits per heavy atom. The van der Waals surface area contributed by atoms with E-state index < -0.39 is 23.7 Å². The number of nitrogens with one attached hydrogen (secondary N) is 2. The third-order valence-corrected chi connectivity index (χ3v) is 11.5. The van der Waals surface area contributed by atoms with Gasteiger partial charge in [0.05, 0.1) is 72.6 Å². The third kappa shape index (κ3) is 8.51. The lowest BCUT2D eigenvalue weighted by Gasteiger charge is -2.47. The van der Waals surface area contributed by atoms with Crippen LogP contribution >= 0.6 is 11.6 Å². The van der Waals surface area contributed by atoms with Crippen LogP contribution in [-0.4, -0.2) is 135 Å². The van der Waals surface area contributed by atoms with Crippen LogP contribution in [0.5, 0.6) is 5.88 Å². The number of anilines is 1. The van der Waals surface area contributed by atoms with E-state index in [0.717, 1.165) is 30.5 Å². The Labute approximate surface area is 336 Å². The van der Waals surface area contributed by atoms with Gasteiger partial charge >= 0.3 is 6.18 Å². The van der Waals surface area contributed by atoms with E-state index in [2.05, 4.69) is 25.7 Å². The van der Waals surface area contributed by atoms with Crippen molar-refractivity contribution >= 4 is 41.0 Å². The summed E-state index contributed by atoms with van der Waals surface area (Å²) in [6.07, 6.45) is 0.00397. The van der Waals surface area contributed by atoms with E-state index in [1.54, 1.807) is 9.80 Å². The second-order valence-corrected chi connectivity index (χ2v) is 15.4. The number of amides is 3. The minimum absolute atomic E-state index is 0.0170. The van der Waals surface area contributed by atoms with Crippen molar-refractivity contribution < 1.29 is 46.7 Å². The number of alkyl halides is 3. The predicted molar refractivity (Wildman–Crippen MR) is 201 cm³/mol. The molecule has 58 heavy (non-hydrogen) atoms. The van der Waals surface area contributed by atoms with E-state index in [1.807, 2.05) is 0 Å². The number of ether oxygens (including phenoxy) is 1. The number of carboxylic acids is 1. The molecule has 2 N–H and O–H groups in total.